The minimum atomic E-state index is -0.680. The molecule has 0 aliphatic carbocycles. The quantitative estimate of drug-likeness (QED) is 0.811. The summed E-state index contributed by atoms with van der Waals surface area (Å²) in [5.41, 5.74) is 0.818. The molecule has 0 bridgehead atoms. The van der Waals surface area contributed by atoms with Gasteiger partial charge in [-0.3, -0.25) is 19.0 Å². The Hall–Kier alpha value is -2.71. The molecule has 1 aromatic carbocycles. The van der Waals surface area contributed by atoms with Gasteiger partial charge in [0.1, 0.15) is 18.3 Å². The number of hydrogen-bond acceptors (Lipinski definition) is 5. The van der Waals surface area contributed by atoms with Gasteiger partial charge in [-0.25, -0.2) is 0 Å². The molecule has 2 fully saturated rings. The van der Waals surface area contributed by atoms with Crippen molar-refractivity contribution in [1.82, 2.24) is 20.1 Å². The summed E-state index contributed by atoms with van der Waals surface area (Å²) in [4.78, 5) is 39.9. The number of amides is 2. The first-order chi connectivity index (χ1) is 13.6. The van der Waals surface area contributed by atoms with Gasteiger partial charge in [-0.1, -0.05) is 18.2 Å². The second kappa shape index (κ2) is 7.73. The van der Waals surface area contributed by atoms with Crippen molar-refractivity contribution >= 4 is 28.6 Å². The van der Waals surface area contributed by atoms with Gasteiger partial charge in [0, 0.05) is 18.0 Å². The number of aromatic nitrogens is 1. The van der Waals surface area contributed by atoms with Crippen molar-refractivity contribution in [3.8, 4) is 0 Å². The topological polar surface area (TPSA) is 92.7 Å². The molecule has 2 aromatic rings. The van der Waals surface area contributed by atoms with Crippen molar-refractivity contribution < 1.29 is 19.1 Å². The molecule has 0 unspecified atom stereocenters. The number of ether oxygens (including phenoxy) is 1. The molecule has 2 N–H and O–H groups in total. The third kappa shape index (κ3) is 3.29. The fourth-order valence-corrected chi connectivity index (χ4v) is 4.08. The Morgan fingerprint density at radius 3 is 2.82 bits per heavy atom. The molecule has 0 radical (unpaired) electrons. The molecule has 1 aromatic heterocycles. The lowest BCUT2D eigenvalue weighted by atomic mass is 10.1. The van der Waals surface area contributed by atoms with Crippen LogP contribution in [0.4, 0.5) is 0 Å². The SMILES string of the molecule is CNCC(=O)N[C@H]1CCO[C@H]2CC[C@H](C(=O)n3ccc4ccccc43)N2C1=O. The Balaban J connectivity index is 1.59. The zero-order valence-electron chi connectivity index (χ0n) is 15.8. The summed E-state index contributed by atoms with van der Waals surface area (Å²) >= 11 is 0. The van der Waals surface area contributed by atoms with Crippen LogP contribution in [-0.2, 0) is 14.3 Å². The van der Waals surface area contributed by atoms with Gasteiger partial charge >= 0.3 is 0 Å². The Bertz CT molecular complexity index is 908. The van der Waals surface area contributed by atoms with Crippen LogP contribution in [0.1, 0.15) is 24.1 Å². The number of nitrogens with one attached hydrogen (secondary N) is 2. The molecule has 28 heavy (non-hydrogen) atoms. The van der Waals surface area contributed by atoms with Crippen LogP contribution in [0.15, 0.2) is 36.5 Å². The number of para-hydroxylation sites is 1. The average molecular weight is 384 g/mol. The molecular weight excluding hydrogens is 360 g/mol. The fourth-order valence-electron chi connectivity index (χ4n) is 4.08. The standard InChI is InChI=1S/C20H24N4O4/c1-21-12-17(25)22-14-9-11-28-18-7-6-16(24(18)19(14)26)20(27)23-10-8-13-4-2-3-5-15(13)23/h2-5,8,10,14,16,18,21H,6-7,9,11-12H2,1H3,(H,22,25)/t14-,16+,18-/m0/s1. The first kappa shape index (κ1) is 18.6. The predicted octanol–water partition coefficient (Wildman–Crippen LogP) is 0.723. The molecule has 0 saturated carbocycles. The third-order valence-electron chi connectivity index (χ3n) is 5.40. The number of carbonyl (C=O) groups is 3. The Labute approximate surface area is 162 Å². The van der Waals surface area contributed by atoms with E-state index in [0.29, 0.717) is 25.9 Å². The number of hydrogen-bond donors (Lipinski definition) is 2. The van der Waals surface area contributed by atoms with Gasteiger partial charge in [0.25, 0.3) is 5.91 Å². The smallest absolute Gasteiger partial charge is 0.253 e. The maximum Gasteiger partial charge on any atom is 0.253 e. The Kier molecular flexibility index (Phi) is 5.15. The summed E-state index contributed by atoms with van der Waals surface area (Å²) in [5, 5.41) is 6.50. The van der Waals surface area contributed by atoms with Crippen molar-refractivity contribution in [2.45, 2.75) is 37.6 Å². The van der Waals surface area contributed by atoms with Crippen LogP contribution in [0.25, 0.3) is 10.9 Å². The third-order valence-corrected chi connectivity index (χ3v) is 5.40. The second-order valence-electron chi connectivity index (χ2n) is 7.19. The van der Waals surface area contributed by atoms with Crippen LogP contribution in [-0.4, -0.2) is 65.7 Å². The molecule has 2 amide bonds. The molecule has 0 spiro atoms. The molecule has 8 nitrogen and oxygen atoms in total. The lowest BCUT2D eigenvalue weighted by Gasteiger charge is -2.29. The normalized spacial score (nSPS) is 24.8. The molecule has 2 aliphatic heterocycles. The monoisotopic (exact) mass is 384 g/mol. The summed E-state index contributed by atoms with van der Waals surface area (Å²) in [6.45, 7) is 0.497. The van der Waals surface area contributed by atoms with E-state index in [4.69, 9.17) is 4.74 Å². The van der Waals surface area contributed by atoms with Gasteiger partial charge < -0.3 is 20.3 Å². The zero-order valence-corrected chi connectivity index (χ0v) is 15.8. The predicted molar refractivity (Wildman–Crippen MR) is 103 cm³/mol. The van der Waals surface area contributed by atoms with Gasteiger partial charge in [0.05, 0.1) is 18.7 Å². The number of fused-ring (bicyclic) bond motifs is 2. The molecule has 3 atom stereocenters. The largest absolute Gasteiger partial charge is 0.358 e. The molecule has 4 rings (SSSR count). The van der Waals surface area contributed by atoms with Crippen LogP contribution in [0.2, 0.25) is 0 Å². The van der Waals surface area contributed by atoms with Crippen molar-refractivity contribution in [1.29, 1.82) is 0 Å². The first-order valence-corrected chi connectivity index (χ1v) is 9.58. The van der Waals surface area contributed by atoms with Crippen LogP contribution in [0, 0.1) is 0 Å². The highest BCUT2D eigenvalue weighted by molar-refractivity contribution is 5.98. The maximum atomic E-state index is 13.3. The summed E-state index contributed by atoms with van der Waals surface area (Å²) in [7, 11) is 1.67. The van der Waals surface area contributed by atoms with E-state index >= 15 is 0 Å². The number of carbonyl (C=O) groups excluding carboxylic acids is 3. The number of rotatable bonds is 4. The molecule has 8 heteroatoms. The van der Waals surface area contributed by atoms with E-state index in [-0.39, 0.29) is 24.3 Å². The second-order valence-corrected chi connectivity index (χ2v) is 7.19. The summed E-state index contributed by atoms with van der Waals surface area (Å²) < 4.78 is 7.44. The maximum absolute atomic E-state index is 13.3. The first-order valence-electron chi connectivity index (χ1n) is 9.58. The summed E-state index contributed by atoms with van der Waals surface area (Å²) in [6.07, 6.45) is 2.87. The molecular formula is C20H24N4O4. The summed E-state index contributed by atoms with van der Waals surface area (Å²) in [6, 6.07) is 8.26. The van der Waals surface area contributed by atoms with Gasteiger partial charge in [-0.2, -0.15) is 0 Å². The van der Waals surface area contributed by atoms with Crippen molar-refractivity contribution in [3.05, 3.63) is 36.5 Å². The van der Waals surface area contributed by atoms with Gasteiger partial charge in [-0.05, 0) is 32.0 Å². The van der Waals surface area contributed by atoms with Crippen molar-refractivity contribution in [2.75, 3.05) is 20.2 Å². The lowest BCUT2D eigenvalue weighted by molar-refractivity contribution is -0.142. The zero-order chi connectivity index (χ0) is 19.7. The minimum absolute atomic E-state index is 0.131. The van der Waals surface area contributed by atoms with Gasteiger partial charge in [0.2, 0.25) is 11.8 Å². The van der Waals surface area contributed by atoms with E-state index in [2.05, 4.69) is 10.6 Å². The number of nitrogens with zero attached hydrogens (tertiary/aromatic N) is 2. The Morgan fingerprint density at radius 1 is 1.18 bits per heavy atom. The average Bonchev–Trinajstić information content (AvgIpc) is 3.27. The minimum Gasteiger partial charge on any atom is -0.358 e. The Morgan fingerprint density at radius 2 is 2.00 bits per heavy atom. The lowest BCUT2D eigenvalue weighted by Crippen LogP contribution is -2.54. The van der Waals surface area contributed by atoms with Gasteiger partial charge in [0.15, 0.2) is 0 Å². The summed E-state index contributed by atoms with van der Waals surface area (Å²) in [5.74, 6) is -0.653. The highest BCUT2D eigenvalue weighted by Gasteiger charge is 2.46. The fraction of sp³-hybridized carbons (Fsp3) is 0.450. The molecule has 3 heterocycles. The number of benzene rings is 1. The van der Waals surface area contributed by atoms with Crippen LogP contribution >= 0.6 is 0 Å². The van der Waals surface area contributed by atoms with E-state index in [1.54, 1.807) is 17.8 Å². The molecule has 148 valence electrons. The van der Waals surface area contributed by atoms with E-state index in [9.17, 15) is 14.4 Å². The van der Waals surface area contributed by atoms with Crippen molar-refractivity contribution in [2.24, 2.45) is 0 Å². The van der Waals surface area contributed by atoms with Gasteiger partial charge in [-0.15, -0.1) is 0 Å². The van der Waals surface area contributed by atoms with E-state index < -0.39 is 18.3 Å². The van der Waals surface area contributed by atoms with Crippen molar-refractivity contribution in [3.63, 3.8) is 0 Å². The van der Waals surface area contributed by atoms with E-state index in [1.807, 2.05) is 30.3 Å². The van der Waals surface area contributed by atoms with Crippen LogP contribution in [0.5, 0.6) is 0 Å². The highest BCUT2D eigenvalue weighted by atomic mass is 16.5. The number of likely N-dealkylation sites (N-methyl/N-ethyl adjacent to an activating group) is 1. The van der Waals surface area contributed by atoms with E-state index in [0.717, 1.165) is 10.9 Å². The van der Waals surface area contributed by atoms with Crippen LogP contribution < -0.4 is 10.6 Å². The molecule has 2 saturated heterocycles. The van der Waals surface area contributed by atoms with E-state index in [1.165, 1.54) is 4.90 Å². The molecule has 2 aliphatic rings. The van der Waals surface area contributed by atoms with Crippen LogP contribution in [0.3, 0.4) is 0 Å². The highest BCUT2D eigenvalue weighted by Crippen LogP contribution is 2.30.